The molecule has 1 fully saturated rings. The second kappa shape index (κ2) is 7.97. The third-order valence-corrected chi connectivity index (χ3v) is 5.95. The number of benzene rings is 2. The molecule has 1 aliphatic heterocycles. The number of nitrogens with two attached hydrogens (primary N) is 1. The molecule has 0 bridgehead atoms. The molecule has 0 unspecified atom stereocenters. The van der Waals surface area contributed by atoms with E-state index in [9.17, 15) is 18.8 Å². The maximum Gasteiger partial charge on any atom is 0.293 e. The predicted octanol–water partition coefficient (Wildman–Crippen LogP) is 4.16. The fourth-order valence-electron chi connectivity index (χ4n) is 3.31. The molecule has 0 radical (unpaired) electrons. The second-order valence-corrected chi connectivity index (χ2v) is 8.06. The molecule has 3 amide bonds. The minimum absolute atomic E-state index is 0.0123. The molecule has 1 saturated heterocycles. The van der Waals surface area contributed by atoms with Gasteiger partial charge in [-0.3, -0.25) is 19.3 Å². The van der Waals surface area contributed by atoms with Gasteiger partial charge in [0.25, 0.3) is 11.1 Å². The lowest BCUT2D eigenvalue weighted by Gasteiger charge is -2.14. The highest BCUT2D eigenvalue weighted by Gasteiger charge is 2.36. The number of aromatic nitrogens is 1. The molecule has 1 aliphatic rings. The summed E-state index contributed by atoms with van der Waals surface area (Å²) in [5, 5.41) is 0.446. The zero-order chi connectivity index (χ0) is 21.4. The van der Waals surface area contributed by atoms with Crippen LogP contribution in [0.1, 0.15) is 11.1 Å². The molecule has 9 heteroatoms. The maximum atomic E-state index is 14.1. The highest BCUT2D eigenvalue weighted by molar-refractivity contribution is 8.18. The second-order valence-electron chi connectivity index (χ2n) is 6.66. The Morgan fingerprint density at radius 2 is 1.93 bits per heavy atom. The first-order valence-electron chi connectivity index (χ1n) is 8.89. The number of hydrogen-bond donors (Lipinski definition) is 1. The van der Waals surface area contributed by atoms with Gasteiger partial charge in [-0.05, 0) is 36.0 Å². The smallest absolute Gasteiger partial charge is 0.293 e. The molecule has 30 heavy (non-hydrogen) atoms. The number of halogens is 2. The van der Waals surface area contributed by atoms with E-state index in [0.717, 1.165) is 27.6 Å². The summed E-state index contributed by atoms with van der Waals surface area (Å²) >= 11 is 6.80. The Bertz CT molecular complexity index is 1220. The van der Waals surface area contributed by atoms with Crippen LogP contribution >= 0.6 is 23.4 Å². The third kappa shape index (κ3) is 3.71. The molecule has 152 valence electrons. The van der Waals surface area contributed by atoms with Gasteiger partial charge in [0, 0.05) is 33.2 Å². The summed E-state index contributed by atoms with van der Waals surface area (Å²) in [5.41, 5.74) is 6.85. The van der Waals surface area contributed by atoms with Crippen molar-refractivity contribution in [3.8, 4) is 0 Å². The number of amides is 3. The van der Waals surface area contributed by atoms with E-state index in [2.05, 4.69) is 0 Å². The van der Waals surface area contributed by atoms with Crippen molar-refractivity contribution in [2.24, 2.45) is 5.73 Å². The molecule has 0 atom stereocenters. The first-order valence-corrected chi connectivity index (χ1v) is 10.1. The average molecular weight is 444 g/mol. The van der Waals surface area contributed by atoms with Gasteiger partial charge in [-0.2, -0.15) is 0 Å². The van der Waals surface area contributed by atoms with E-state index >= 15 is 0 Å². The number of carbonyl (C=O) groups excluding carboxylic acids is 3. The van der Waals surface area contributed by atoms with Gasteiger partial charge in [0.2, 0.25) is 5.91 Å². The number of imide groups is 1. The molecule has 2 heterocycles. The van der Waals surface area contributed by atoms with Gasteiger partial charge >= 0.3 is 0 Å². The van der Waals surface area contributed by atoms with Crippen molar-refractivity contribution in [1.82, 2.24) is 9.47 Å². The summed E-state index contributed by atoms with van der Waals surface area (Å²) in [5.74, 6) is -1.61. The molecular weight excluding hydrogens is 429 g/mol. The molecular formula is C21H15ClFN3O3S. The summed E-state index contributed by atoms with van der Waals surface area (Å²) in [7, 11) is 0. The maximum absolute atomic E-state index is 14.1. The van der Waals surface area contributed by atoms with Gasteiger partial charge in [0.15, 0.2) is 0 Å². The number of para-hydroxylation sites is 1. The van der Waals surface area contributed by atoms with Crippen molar-refractivity contribution < 1.29 is 18.8 Å². The van der Waals surface area contributed by atoms with E-state index in [0.29, 0.717) is 5.56 Å². The first kappa shape index (κ1) is 20.2. The molecule has 6 nitrogen and oxygen atoms in total. The van der Waals surface area contributed by atoms with Crippen molar-refractivity contribution in [2.45, 2.75) is 13.1 Å². The fraction of sp³-hybridized carbons (Fsp3) is 0.0952. The number of thioether (sulfide) groups is 1. The highest BCUT2D eigenvalue weighted by atomic mass is 35.5. The van der Waals surface area contributed by atoms with E-state index < -0.39 is 22.9 Å². The number of primary amides is 1. The minimum Gasteiger partial charge on any atom is -0.368 e. The number of nitrogens with zero attached hydrogens (tertiary/aromatic N) is 2. The van der Waals surface area contributed by atoms with E-state index in [1.807, 2.05) is 24.3 Å². The largest absolute Gasteiger partial charge is 0.368 e. The summed E-state index contributed by atoms with van der Waals surface area (Å²) in [4.78, 5) is 37.8. The third-order valence-electron chi connectivity index (χ3n) is 4.68. The fourth-order valence-corrected chi connectivity index (χ4v) is 4.36. The van der Waals surface area contributed by atoms with Crippen molar-refractivity contribution >= 4 is 57.4 Å². The molecule has 2 N–H and O–H groups in total. The Balaban J connectivity index is 1.68. The summed E-state index contributed by atoms with van der Waals surface area (Å²) in [6, 6.07) is 11.5. The molecule has 2 aromatic carbocycles. The summed E-state index contributed by atoms with van der Waals surface area (Å²) in [6.07, 6.45) is 3.30. The number of fused-ring (bicyclic) bond motifs is 1. The van der Waals surface area contributed by atoms with Crippen LogP contribution in [-0.4, -0.2) is 26.5 Å². The van der Waals surface area contributed by atoms with Crippen molar-refractivity contribution in [1.29, 1.82) is 0 Å². The molecule has 1 aromatic heterocycles. The number of hydrogen-bond acceptors (Lipinski definition) is 4. The normalized spacial score (nSPS) is 15.5. The Labute approximate surface area is 180 Å². The number of rotatable bonds is 5. The first-order chi connectivity index (χ1) is 14.3. The monoisotopic (exact) mass is 443 g/mol. The summed E-state index contributed by atoms with van der Waals surface area (Å²) < 4.78 is 15.8. The van der Waals surface area contributed by atoms with Crippen LogP contribution in [0.15, 0.2) is 53.6 Å². The van der Waals surface area contributed by atoms with Crippen LogP contribution < -0.4 is 5.73 Å². The molecule has 3 aromatic rings. The standard InChI is InChI=1S/C21H15ClFN3O3S/c22-15-5-3-6-16(23)14(15)10-26-20(28)18(30-21(26)29)8-12-9-25(11-19(24)27)17-7-2-1-4-13(12)17/h1-9H,10-11H2,(H2,24,27)/b18-8-. The van der Waals surface area contributed by atoms with Crippen LogP contribution in [0.5, 0.6) is 0 Å². The lowest BCUT2D eigenvalue weighted by Crippen LogP contribution is -2.28. The van der Waals surface area contributed by atoms with Crippen LogP contribution in [0, 0.1) is 5.82 Å². The van der Waals surface area contributed by atoms with Gasteiger partial charge in [0.1, 0.15) is 12.4 Å². The van der Waals surface area contributed by atoms with Crippen molar-refractivity contribution in [3.63, 3.8) is 0 Å². The molecule has 0 spiro atoms. The van der Waals surface area contributed by atoms with Crippen LogP contribution in [0.4, 0.5) is 9.18 Å². The van der Waals surface area contributed by atoms with Gasteiger partial charge in [0.05, 0.1) is 11.4 Å². The van der Waals surface area contributed by atoms with Gasteiger partial charge in [-0.1, -0.05) is 35.9 Å². The number of carbonyl (C=O) groups is 3. The van der Waals surface area contributed by atoms with Gasteiger partial charge in [-0.25, -0.2) is 4.39 Å². The predicted molar refractivity (Wildman–Crippen MR) is 114 cm³/mol. The topological polar surface area (TPSA) is 85.4 Å². The Kier molecular flexibility index (Phi) is 5.36. The lowest BCUT2D eigenvalue weighted by molar-refractivity contribution is -0.123. The van der Waals surface area contributed by atoms with Gasteiger partial charge in [-0.15, -0.1) is 0 Å². The van der Waals surface area contributed by atoms with Crippen LogP contribution in [0.3, 0.4) is 0 Å². The van der Waals surface area contributed by atoms with Gasteiger partial charge < -0.3 is 10.3 Å². The average Bonchev–Trinajstić information content (AvgIpc) is 3.16. The Hall–Kier alpha value is -3.10. The van der Waals surface area contributed by atoms with E-state index in [1.54, 1.807) is 16.8 Å². The Morgan fingerprint density at radius 1 is 1.17 bits per heavy atom. The Morgan fingerprint density at radius 3 is 2.67 bits per heavy atom. The zero-order valence-corrected chi connectivity index (χ0v) is 17.0. The van der Waals surface area contributed by atoms with E-state index in [-0.39, 0.29) is 28.6 Å². The minimum atomic E-state index is -0.583. The highest BCUT2D eigenvalue weighted by Crippen LogP contribution is 2.36. The van der Waals surface area contributed by atoms with Crippen LogP contribution in [0.25, 0.3) is 17.0 Å². The lowest BCUT2D eigenvalue weighted by atomic mass is 10.1. The molecule has 4 rings (SSSR count). The SMILES string of the molecule is NC(=O)Cn1cc(/C=C2\SC(=O)N(Cc3c(F)cccc3Cl)C2=O)c2ccccc21. The van der Waals surface area contributed by atoms with Crippen LogP contribution in [-0.2, 0) is 22.7 Å². The van der Waals surface area contributed by atoms with Crippen molar-refractivity contribution in [3.05, 3.63) is 75.5 Å². The molecule has 0 aliphatic carbocycles. The van der Waals surface area contributed by atoms with E-state index in [4.69, 9.17) is 17.3 Å². The zero-order valence-electron chi connectivity index (χ0n) is 15.5. The molecule has 0 saturated carbocycles. The quantitative estimate of drug-likeness (QED) is 0.600. The van der Waals surface area contributed by atoms with E-state index in [1.165, 1.54) is 18.2 Å². The van der Waals surface area contributed by atoms with Crippen molar-refractivity contribution in [2.75, 3.05) is 0 Å². The van der Waals surface area contributed by atoms with Crippen LogP contribution in [0.2, 0.25) is 5.02 Å². The summed E-state index contributed by atoms with van der Waals surface area (Å²) in [6.45, 7) is -0.265.